The van der Waals surface area contributed by atoms with E-state index in [1.54, 1.807) is 23.7 Å². The molecule has 4 heterocycles. The van der Waals surface area contributed by atoms with Crippen molar-refractivity contribution in [1.82, 2.24) is 19.9 Å². The lowest BCUT2D eigenvalue weighted by Crippen LogP contribution is -2.41. The highest BCUT2D eigenvalue weighted by molar-refractivity contribution is 7.15. The van der Waals surface area contributed by atoms with Crippen molar-refractivity contribution in [1.29, 1.82) is 0 Å². The molecule has 0 spiro atoms. The van der Waals surface area contributed by atoms with Gasteiger partial charge in [0.05, 0.1) is 18.0 Å². The summed E-state index contributed by atoms with van der Waals surface area (Å²) in [6.45, 7) is 8.17. The molecule has 134 valence electrons. The first kappa shape index (κ1) is 16.9. The lowest BCUT2D eigenvalue weighted by atomic mass is 9.92. The first-order valence-electron chi connectivity index (χ1n) is 9.04. The Morgan fingerprint density at radius 2 is 1.96 bits per heavy atom. The van der Waals surface area contributed by atoms with Crippen molar-refractivity contribution in [2.24, 2.45) is 0 Å². The molecule has 7 heteroatoms. The van der Waals surface area contributed by atoms with E-state index in [2.05, 4.69) is 32.1 Å². The van der Waals surface area contributed by atoms with Gasteiger partial charge in [0.15, 0.2) is 10.9 Å². The van der Waals surface area contributed by atoms with Crippen LogP contribution in [0, 0.1) is 13.8 Å². The SMILES string of the molecule is Cc1nc(Nc2nccnc2C2CCN(C3CCOC3)CC2)sc1C. The van der Waals surface area contributed by atoms with E-state index >= 15 is 0 Å². The number of anilines is 2. The molecule has 0 bridgehead atoms. The summed E-state index contributed by atoms with van der Waals surface area (Å²) in [4.78, 5) is 17.6. The number of ether oxygens (including phenoxy) is 1. The summed E-state index contributed by atoms with van der Waals surface area (Å²) in [5, 5.41) is 4.30. The van der Waals surface area contributed by atoms with E-state index in [4.69, 9.17) is 4.74 Å². The van der Waals surface area contributed by atoms with Crippen LogP contribution in [0.3, 0.4) is 0 Å². The molecule has 2 aliphatic rings. The van der Waals surface area contributed by atoms with E-state index in [1.807, 2.05) is 6.92 Å². The summed E-state index contributed by atoms with van der Waals surface area (Å²) in [6.07, 6.45) is 6.98. The summed E-state index contributed by atoms with van der Waals surface area (Å²) in [6, 6.07) is 0.613. The summed E-state index contributed by atoms with van der Waals surface area (Å²) < 4.78 is 5.54. The minimum atomic E-state index is 0.455. The standard InChI is InChI=1S/C18H25N5OS/c1-12-13(2)25-18(21-12)22-17-16(19-6-7-20-17)14-3-8-23(9-4-14)15-5-10-24-11-15/h6-7,14-15H,3-5,8-11H2,1-2H3,(H,20,21,22). The first-order valence-corrected chi connectivity index (χ1v) is 9.86. The number of aryl methyl sites for hydroxylation is 2. The Morgan fingerprint density at radius 3 is 2.64 bits per heavy atom. The van der Waals surface area contributed by atoms with E-state index in [9.17, 15) is 0 Å². The van der Waals surface area contributed by atoms with Gasteiger partial charge in [-0.3, -0.25) is 9.88 Å². The van der Waals surface area contributed by atoms with Crippen molar-refractivity contribution >= 4 is 22.3 Å². The van der Waals surface area contributed by atoms with E-state index in [0.717, 1.165) is 61.5 Å². The molecule has 2 saturated heterocycles. The fraction of sp³-hybridized carbons (Fsp3) is 0.611. The third-order valence-corrected chi connectivity index (χ3v) is 6.31. The van der Waals surface area contributed by atoms with Gasteiger partial charge in [-0.2, -0.15) is 0 Å². The topological polar surface area (TPSA) is 63.2 Å². The molecule has 0 radical (unpaired) electrons. The predicted octanol–water partition coefficient (Wildman–Crippen LogP) is 3.26. The van der Waals surface area contributed by atoms with Gasteiger partial charge in [0.1, 0.15) is 0 Å². The van der Waals surface area contributed by atoms with Gasteiger partial charge >= 0.3 is 0 Å². The van der Waals surface area contributed by atoms with Crippen LogP contribution in [-0.2, 0) is 4.74 Å². The van der Waals surface area contributed by atoms with Gasteiger partial charge in [-0.15, -0.1) is 11.3 Å². The molecule has 25 heavy (non-hydrogen) atoms. The number of rotatable bonds is 4. The molecule has 0 amide bonds. The van der Waals surface area contributed by atoms with Crippen LogP contribution in [0.25, 0.3) is 0 Å². The normalized spacial score (nSPS) is 22.4. The summed E-state index contributed by atoms with van der Waals surface area (Å²) in [7, 11) is 0. The Hall–Kier alpha value is -1.57. The highest BCUT2D eigenvalue weighted by Gasteiger charge is 2.30. The van der Waals surface area contributed by atoms with Gasteiger partial charge < -0.3 is 10.1 Å². The number of thiazole rings is 1. The minimum Gasteiger partial charge on any atom is -0.380 e. The first-order chi connectivity index (χ1) is 12.2. The smallest absolute Gasteiger partial charge is 0.188 e. The maximum absolute atomic E-state index is 5.54. The van der Waals surface area contributed by atoms with Gasteiger partial charge in [-0.1, -0.05) is 0 Å². The number of hydrogen-bond acceptors (Lipinski definition) is 7. The zero-order chi connectivity index (χ0) is 17.2. The van der Waals surface area contributed by atoms with Crippen LogP contribution in [0.2, 0.25) is 0 Å². The molecule has 1 N–H and O–H groups in total. The Bertz CT molecular complexity index is 701. The molecular weight excluding hydrogens is 334 g/mol. The van der Waals surface area contributed by atoms with Crippen molar-refractivity contribution in [2.75, 3.05) is 31.6 Å². The monoisotopic (exact) mass is 359 g/mol. The zero-order valence-corrected chi connectivity index (χ0v) is 15.7. The second-order valence-corrected chi connectivity index (χ2v) is 8.11. The summed E-state index contributed by atoms with van der Waals surface area (Å²) >= 11 is 1.67. The quantitative estimate of drug-likeness (QED) is 0.904. The zero-order valence-electron chi connectivity index (χ0n) is 14.9. The molecule has 0 saturated carbocycles. The number of aromatic nitrogens is 3. The number of likely N-dealkylation sites (tertiary alicyclic amines) is 1. The molecule has 0 aromatic carbocycles. The van der Waals surface area contributed by atoms with Crippen LogP contribution in [0.5, 0.6) is 0 Å². The Balaban J connectivity index is 1.45. The summed E-state index contributed by atoms with van der Waals surface area (Å²) in [5.74, 6) is 1.32. The van der Waals surface area contributed by atoms with Gasteiger partial charge in [0.25, 0.3) is 0 Å². The van der Waals surface area contributed by atoms with E-state index in [-0.39, 0.29) is 0 Å². The van der Waals surface area contributed by atoms with Crippen LogP contribution in [0.15, 0.2) is 12.4 Å². The van der Waals surface area contributed by atoms with Gasteiger partial charge in [0, 0.05) is 35.8 Å². The van der Waals surface area contributed by atoms with Crippen LogP contribution < -0.4 is 5.32 Å². The number of nitrogens with one attached hydrogen (secondary N) is 1. The van der Waals surface area contributed by atoms with Crippen LogP contribution in [0.1, 0.15) is 41.4 Å². The number of piperidine rings is 1. The number of hydrogen-bond donors (Lipinski definition) is 1. The van der Waals surface area contributed by atoms with Crippen molar-refractivity contribution < 1.29 is 4.74 Å². The highest BCUT2D eigenvalue weighted by Crippen LogP contribution is 2.33. The lowest BCUT2D eigenvalue weighted by Gasteiger charge is -2.35. The summed E-state index contributed by atoms with van der Waals surface area (Å²) in [5.41, 5.74) is 2.15. The maximum Gasteiger partial charge on any atom is 0.188 e. The molecule has 6 nitrogen and oxygen atoms in total. The van der Waals surface area contributed by atoms with Gasteiger partial charge in [-0.25, -0.2) is 9.97 Å². The minimum absolute atomic E-state index is 0.455. The van der Waals surface area contributed by atoms with E-state index < -0.39 is 0 Å². The number of nitrogens with zero attached hydrogens (tertiary/aromatic N) is 4. The predicted molar refractivity (Wildman–Crippen MR) is 99.7 cm³/mol. The van der Waals surface area contributed by atoms with Gasteiger partial charge in [0.2, 0.25) is 0 Å². The molecule has 2 aromatic rings. The van der Waals surface area contributed by atoms with Crippen LogP contribution in [-0.4, -0.2) is 52.2 Å². The largest absolute Gasteiger partial charge is 0.380 e. The molecule has 0 aliphatic carbocycles. The van der Waals surface area contributed by atoms with Crippen molar-refractivity contribution in [3.8, 4) is 0 Å². The second kappa shape index (κ2) is 7.35. The average Bonchev–Trinajstić information content (AvgIpc) is 3.26. The Morgan fingerprint density at radius 1 is 1.16 bits per heavy atom. The average molecular weight is 359 g/mol. The second-order valence-electron chi connectivity index (χ2n) is 6.90. The molecule has 1 atom stereocenters. The van der Waals surface area contributed by atoms with Crippen molar-refractivity contribution in [2.45, 2.75) is 45.1 Å². The third kappa shape index (κ3) is 3.68. The maximum atomic E-state index is 5.54. The Kier molecular flexibility index (Phi) is 4.96. The third-order valence-electron chi connectivity index (χ3n) is 5.32. The molecule has 2 aliphatic heterocycles. The molecular formula is C18H25N5OS. The van der Waals surface area contributed by atoms with Gasteiger partial charge in [-0.05, 0) is 46.2 Å². The van der Waals surface area contributed by atoms with Crippen molar-refractivity contribution in [3.05, 3.63) is 28.7 Å². The Labute approximate surface area is 152 Å². The highest BCUT2D eigenvalue weighted by atomic mass is 32.1. The molecule has 2 fully saturated rings. The van der Waals surface area contributed by atoms with E-state index in [1.165, 1.54) is 11.3 Å². The molecule has 4 rings (SSSR count). The molecule has 1 unspecified atom stereocenters. The van der Waals surface area contributed by atoms with Crippen LogP contribution >= 0.6 is 11.3 Å². The molecule has 2 aromatic heterocycles. The van der Waals surface area contributed by atoms with Crippen molar-refractivity contribution in [3.63, 3.8) is 0 Å². The lowest BCUT2D eigenvalue weighted by molar-refractivity contribution is 0.121. The van der Waals surface area contributed by atoms with Crippen LogP contribution in [0.4, 0.5) is 10.9 Å². The fourth-order valence-corrected chi connectivity index (χ4v) is 4.53. The van der Waals surface area contributed by atoms with E-state index in [0.29, 0.717) is 12.0 Å². The fourth-order valence-electron chi connectivity index (χ4n) is 3.72.